The van der Waals surface area contributed by atoms with Crippen molar-refractivity contribution in [2.24, 2.45) is 7.05 Å². The van der Waals surface area contributed by atoms with Crippen LogP contribution in [0.1, 0.15) is 11.3 Å². The van der Waals surface area contributed by atoms with Crippen molar-refractivity contribution in [3.63, 3.8) is 0 Å². The molecule has 3 aromatic rings. The van der Waals surface area contributed by atoms with Gasteiger partial charge in [0.15, 0.2) is 11.6 Å². The Labute approximate surface area is 141 Å². The Hall–Kier alpha value is -3.29. The van der Waals surface area contributed by atoms with Gasteiger partial charge in [0.05, 0.1) is 23.2 Å². The molecule has 0 N–H and O–H groups in total. The molecule has 0 radical (unpaired) electrons. The number of nitrogens with zero attached hydrogens (tertiary/aromatic N) is 3. The molecule has 0 aliphatic carbocycles. The summed E-state index contributed by atoms with van der Waals surface area (Å²) in [6.07, 6.45) is 3.20. The van der Waals surface area contributed by atoms with Crippen molar-refractivity contribution < 1.29 is 18.4 Å². The van der Waals surface area contributed by atoms with Gasteiger partial charge in [0.2, 0.25) is 5.82 Å². The Bertz CT molecular complexity index is 1010. The van der Waals surface area contributed by atoms with E-state index in [4.69, 9.17) is 4.74 Å². The molecule has 25 heavy (non-hydrogen) atoms. The highest BCUT2D eigenvalue weighted by molar-refractivity contribution is 5.91. The minimum Gasteiger partial charge on any atom is -0.494 e. The number of hydrogen-bond acceptors (Lipinski definition) is 4. The van der Waals surface area contributed by atoms with Crippen molar-refractivity contribution in [1.29, 1.82) is 0 Å². The van der Waals surface area contributed by atoms with Gasteiger partial charge < -0.3 is 4.74 Å². The summed E-state index contributed by atoms with van der Waals surface area (Å²) in [6.45, 7) is 0. The molecule has 0 unspecified atom stereocenters. The second-order valence-corrected chi connectivity index (χ2v) is 5.31. The predicted molar refractivity (Wildman–Crippen MR) is 89.2 cm³/mol. The first-order valence-corrected chi connectivity index (χ1v) is 7.23. The molecule has 0 saturated carbocycles. The van der Waals surface area contributed by atoms with E-state index in [-0.39, 0.29) is 5.75 Å². The highest BCUT2D eigenvalue weighted by Crippen LogP contribution is 2.28. The summed E-state index contributed by atoms with van der Waals surface area (Å²) in [5, 5.41) is 15.6. The van der Waals surface area contributed by atoms with Crippen LogP contribution in [0.4, 0.5) is 14.5 Å². The third kappa shape index (κ3) is 3.06. The monoisotopic (exact) mass is 345 g/mol. The normalized spacial score (nSPS) is 11.4. The van der Waals surface area contributed by atoms with E-state index in [1.807, 2.05) is 0 Å². The topological polar surface area (TPSA) is 70.2 Å². The van der Waals surface area contributed by atoms with Gasteiger partial charge in [-0.3, -0.25) is 14.8 Å². The predicted octanol–water partition coefficient (Wildman–Crippen LogP) is 3.94. The van der Waals surface area contributed by atoms with Crippen LogP contribution in [0.5, 0.6) is 5.75 Å². The summed E-state index contributed by atoms with van der Waals surface area (Å²) in [7, 11) is 2.98. The molecule has 2 aromatic carbocycles. The Morgan fingerprint density at radius 2 is 1.96 bits per heavy atom. The van der Waals surface area contributed by atoms with Crippen molar-refractivity contribution in [3.8, 4) is 5.75 Å². The minimum atomic E-state index is -0.923. The number of fused-ring (bicyclic) bond motifs is 1. The van der Waals surface area contributed by atoms with E-state index in [2.05, 4.69) is 5.10 Å². The largest absolute Gasteiger partial charge is 0.494 e. The van der Waals surface area contributed by atoms with Gasteiger partial charge in [-0.05, 0) is 23.8 Å². The average Bonchev–Trinajstić information content (AvgIpc) is 2.87. The number of rotatable bonds is 4. The maximum Gasteiger partial charge on any atom is 0.305 e. The molecular weight excluding hydrogens is 332 g/mol. The molecule has 0 aliphatic rings. The number of aryl methyl sites for hydroxylation is 1. The number of methoxy groups -OCH3 is 1. The van der Waals surface area contributed by atoms with E-state index >= 15 is 0 Å². The molecule has 0 fully saturated rings. The third-order valence-electron chi connectivity index (χ3n) is 3.75. The molecule has 1 aromatic heterocycles. The van der Waals surface area contributed by atoms with E-state index in [0.29, 0.717) is 22.2 Å². The summed E-state index contributed by atoms with van der Waals surface area (Å²) in [6, 6.07) is 6.66. The van der Waals surface area contributed by atoms with Gasteiger partial charge in [-0.2, -0.15) is 9.49 Å². The van der Waals surface area contributed by atoms with Gasteiger partial charge >= 0.3 is 5.69 Å². The standard InChI is InChI=1S/C17H13F2N3O3/c1-21-15-9-12(18)16(22(23)24)8-11(15)14(20-21)5-3-10-4-6-17(25-2)13(19)7-10/h3-9H,1-2H3/b5-3+. The van der Waals surface area contributed by atoms with Gasteiger partial charge in [-0.1, -0.05) is 12.1 Å². The number of benzene rings is 2. The lowest BCUT2D eigenvalue weighted by atomic mass is 10.1. The maximum atomic E-state index is 13.8. The number of halogens is 2. The van der Waals surface area contributed by atoms with Gasteiger partial charge in [0.1, 0.15) is 0 Å². The fourth-order valence-electron chi connectivity index (χ4n) is 2.52. The molecule has 1 heterocycles. The molecule has 0 aliphatic heterocycles. The maximum absolute atomic E-state index is 13.8. The molecule has 6 nitrogen and oxygen atoms in total. The summed E-state index contributed by atoms with van der Waals surface area (Å²) < 4.78 is 33.8. The van der Waals surface area contributed by atoms with Crippen LogP contribution in [-0.2, 0) is 7.05 Å². The molecule has 3 rings (SSSR count). The number of ether oxygens (including phenoxy) is 1. The minimum absolute atomic E-state index is 0.131. The number of aromatic nitrogens is 2. The number of nitro benzene ring substituents is 1. The van der Waals surface area contributed by atoms with Crippen LogP contribution < -0.4 is 4.74 Å². The molecule has 0 saturated heterocycles. The number of nitro groups is 1. The summed E-state index contributed by atoms with van der Waals surface area (Å²) >= 11 is 0. The van der Waals surface area contributed by atoms with Gasteiger partial charge in [-0.25, -0.2) is 4.39 Å². The van der Waals surface area contributed by atoms with E-state index in [1.165, 1.54) is 23.9 Å². The van der Waals surface area contributed by atoms with Crippen LogP contribution in [-0.4, -0.2) is 21.8 Å². The zero-order chi connectivity index (χ0) is 18.1. The van der Waals surface area contributed by atoms with Crippen LogP contribution in [0.15, 0.2) is 30.3 Å². The fourth-order valence-corrected chi connectivity index (χ4v) is 2.52. The van der Waals surface area contributed by atoms with Gasteiger partial charge in [0, 0.05) is 24.6 Å². The Balaban J connectivity index is 2.05. The van der Waals surface area contributed by atoms with Crippen LogP contribution in [0.25, 0.3) is 23.1 Å². The molecule has 0 spiro atoms. The molecule has 0 bridgehead atoms. The van der Waals surface area contributed by atoms with Gasteiger partial charge in [-0.15, -0.1) is 0 Å². The molecule has 0 amide bonds. The Morgan fingerprint density at radius 3 is 2.60 bits per heavy atom. The highest BCUT2D eigenvalue weighted by atomic mass is 19.1. The third-order valence-corrected chi connectivity index (χ3v) is 3.75. The lowest BCUT2D eigenvalue weighted by Gasteiger charge is -2.01. The van der Waals surface area contributed by atoms with Gasteiger partial charge in [0.25, 0.3) is 0 Å². The van der Waals surface area contributed by atoms with Crippen molar-refractivity contribution in [3.05, 3.63) is 63.3 Å². The molecule has 128 valence electrons. The lowest BCUT2D eigenvalue weighted by Crippen LogP contribution is -1.94. The zero-order valence-electron chi connectivity index (χ0n) is 13.4. The van der Waals surface area contributed by atoms with Crippen molar-refractivity contribution in [1.82, 2.24) is 9.78 Å². The lowest BCUT2D eigenvalue weighted by molar-refractivity contribution is -0.387. The molecule has 0 atom stereocenters. The summed E-state index contributed by atoms with van der Waals surface area (Å²) in [4.78, 5) is 10.1. The smallest absolute Gasteiger partial charge is 0.305 e. The Morgan fingerprint density at radius 1 is 1.20 bits per heavy atom. The second-order valence-electron chi connectivity index (χ2n) is 5.31. The SMILES string of the molecule is COc1ccc(/C=C/c2nn(C)c3cc(F)c([N+](=O)[O-])cc23)cc1F. The van der Waals surface area contributed by atoms with E-state index in [0.717, 1.165) is 12.1 Å². The fraction of sp³-hybridized carbons (Fsp3) is 0.118. The number of hydrogen-bond donors (Lipinski definition) is 0. The first-order chi connectivity index (χ1) is 11.9. The highest BCUT2D eigenvalue weighted by Gasteiger charge is 2.18. The van der Waals surface area contributed by atoms with Crippen LogP contribution in [0.3, 0.4) is 0 Å². The van der Waals surface area contributed by atoms with Crippen molar-refractivity contribution >= 4 is 28.7 Å². The summed E-state index contributed by atoms with van der Waals surface area (Å²) in [5.41, 5.74) is 0.778. The Kier molecular flexibility index (Phi) is 4.18. The van der Waals surface area contributed by atoms with E-state index < -0.39 is 22.2 Å². The van der Waals surface area contributed by atoms with E-state index in [9.17, 15) is 18.9 Å². The van der Waals surface area contributed by atoms with Crippen LogP contribution >= 0.6 is 0 Å². The quantitative estimate of drug-likeness (QED) is 0.530. The average molecular weight is 345 g/mol. The molecule has 8 heteroatoms. The second kappa shape index (κ2) is 6.31. The molecular formula is C17H13F2N3O3. The van der Waals surface area contributed by atoms with Crippen molar-refractivity contribution in [2.45, 2.75) is 0 Å². The van der Waals surface area contributed by atoms with Crippen LogP contribution in [0, 0.1) is 21.7 Å². The van der Waals surface area contributed by atoms with Crippen LogP contribution in [0.2, 0.25) is 0 Å². The van der Waals surface area contributed by atoms with E-state index in [1.54, 1.807) is 25.3 Å². The summed E-state index contributed by atoms with van der Waals surface area (Å²) in [5.74, 6) is -1.30. The zero-order valence-corrected chi connectivity index (χ0v) is 13.4. The first-order valence-electron chi connectivity index (χ1n) is 7.23. The van der Waals surface area contributed by atoms with Crippen molar-refractivity contribution in [2.75, 3.05) is 7.11 Å². The first kappa shape index (κ1) is 16.6.